The summed E-state index contributed by atoms with van der Waals surface area (Å²) in [6.07, 6.45) is 3.42. The highest BCUT2D eigenvalue weighted by Crippen LogP contribution is 2.21. The Kier molecular flexibility index (Phi) is 5.40. The molecule has 2 unspecified atom stereocenters. The van der Waals surface area contributed by atoms with Crippen molar-refractivity contribution in [2.75, 3.05) is 26.2 Å². The fourth-order valence-corrected chi connectivity index (χ4v) is 2.98. The molecule has 0 aromatic rings. The molecule has 5 heteroatoms. The van der Waals surface area contributed by atoms with Crippen molar-refractivity contribution in [1.82, 2.24) is 15.5 Å². The third-order valence-corrected chi connectivity index (χ3v) is 4.48. The van der Waals surface area contributed by atoms with Crippen LogP contribution in [0.15, 0.2) is 0 Å². The van der Waals surface area contributed by atoms with Gasteiger partial charge in [-0.1, -0.05) is 13.8 Å². The van der Waals surface area contributed by atoms with E-state index in [1.807, 2.05) is 18.7 Å². The van der Waals surface area contributed by atoms with Crippen LogP contribution in [0, 0.1) is 11.8 Å². The molecule has 2 saturated heterocycles. The molecule has 2 rings (SSSR count). The lowest BCUT2D eigenvalue weighted by molar-refractivity contribution is -0.139. The number of amides is 2. The molecule has 0 aromatic carbocycles. The number of nitrogens with one attached hydrogen (secondary N) is 2. The maximum absolute atomic E-state index is 12.5. The smallest absolute Gasteiger partial charge is 0.225 e. The van der Waals surface area contributed by atoms with Crippen molar-refractivity contribution in [3.05, 3.63) is 0 Å². The molecule has 0 saturated carbocycles. The van der Waals surface area contributed by atoms with Gasteiger partial charge < -0.3 is 15.5 Å². The summed E-state index contributed by atoms with van der Waals surface area (Å²) in [7, 11) is 0. The molecule has 0 aromatic heterocycles. The maximum Gasteiger partial charge on any atom is 0.225 e. The first-order valence-electron chi connectivity index (χ1n) is 7.90. The van der Waals surface area contributed by atoms with E-state index in [0.717, 1.165) is 38.9 Å². The fraction of sp³-hybridized carbons (Fsp3) is 0.867. The molecule has 2 N–H and O–H groups in total. The second kappa shape index (κ2) is 7.07. The number of nitrogens with zero attached hydrogens (tertiary/aromatic N) is 1. The van der Waals surface area contributed by atoms with Crippen LogP contribution in [-0.4, -0.2) is 48.9 Å². The van der Waals surface area contributed by atoms with Gasteiger partial charge in [0.15, 0.2) is 0 Å². The Morgan fingerprint density at radius 1 is 1.40 bits per heavy atom. The van der Waals surface area contributed by atoms with Crippen molar-refractivity contribution >= 4 is 11.8 Å². The summed E-state index contributed by atoms with van der Waals surface area (Å²) in [5.41, 5.74) is 0. The predicted octanol–water partition coefficient (Wildman–Crippen LogP) is 0.749. The summed E-state index contributed by atoms with van der Waals surface area (Å²) < 4.78 is 0. The van der Waals surface area contributed by atoms with Crippen LogP contribution >= 0.6 is 0 Å². The summed E-state index contributed by atoms with van der Waals surface area (Å²) in [5, 5.41) is 6.28. The van der Waals surface area contributed by atoms with Gasteiger partial charge in [-0.25, -0.2) is 0 Å². The quantitative estimate of drug-likeness (QED) is 0.782. The standard InChI is InChI=1S/C15H27N3O2/c1-3-5-14(19)17-13-6-4-7-18(10-13)15(20)11(2)12-8-16-9-12/h11-13,16H,3-10H2,1-2H3,(H,17,19). The Hall–Kier alpha value is -1.10. The monoisotopic (exact) mass is 281 g/mol. The van der Waals surface area contributed by atoms with Gasteiger partial charge in [-0.2, -0.15) is 0 Å². The molecule has 2 heterocycles. The second-order valence-corrected chi connectivity index (χ2v) is 6.15. The van der Waals surface area contributed by atoms with E-state index in [-0.39, 0.29) is 23.8 Å². The summed E-state index contributed by atoms with van der Waals surface area (Å²) in [6, 6.07) is 0.137. The third-order valence-electron chi connectivity index (χ3n) is 4.48. The Balaban J connectivity index is 1.82. The highest BCUT2D eigenvalue weighted by molar-refractivity contribution is 5.79. The average Bonchev–Trinajstić information content (AvgIpc) is 2.36. The van der Waals surface area contributed by atoms with Gasteiger partial charge in [0.05, 0.1) is 0 Å². The highest BCUT2D eigenvalue weighted by atomic mass is 16.2. The summed E-state index contributed by atoms with van der Waals surface area (Å²) >= 11 is 0. The Bertz CT molecular complexity index is 355. The van der Waals surface area contributed by atoms with E-state index in [1.165, 1.54) is 0 Å². The summed E-state index contributed by atoms with van der Waals surface area (Å²) in [4.78, 5) is 26.1. The van der Waals surface area contributed by atoms with Crippen LogP contribution < -0.4 is 10.6 Å². The van der Waals surface area contributed by atoms with Crippen LogP contribution in [0.1, 0.15) is 39.5 Å². The topological polar surface area (TPSA) is 61.4 Å². The molecule has 20 heavy (non-hydrogen) atoms. The number of piperidine rings is 1. The molecule has 114 valence electrons. The number of hydrogen-bond donors (Lipinski definition) is 2. The molecular weight excluding hydrogens is 254 g/mol. The van der Waals surface area contributed by atoms with Gasteiger partial charge in [0.2, 0.25) is 11.8 Å². The number of likely N-dealkylation sites (tertiary alicyclic amines) is 1. The number of carbonyl (C=O) groups is 2. The molecule has 0 bridgehead atoms. The van der Waals surface area contributed by atoms with Crippen LogP contribution in [0.5, 0.6) is 0 Å². The first kappa shape index (κ1) is 15.3. The van der Waals surface area contributed by atoms with Crippen molar-refractivity contribution in [2.24, 2.45) is 11.8 Å². The highest BCUT2D eigenvalue weighted by Gasteiger charge is 2.33. The van der Waals surface area contributed by atoms with Crippen molar-refractivity contribution in [2.45, 2.75) is 45.6 Å². The molecule has 0 spiro atoms. The summed E-state index contributed by atoms with van der Waals surface area (Å²) in [6.45, 7) is 7.47. The van der Waals surface area contributed by atoms with E-state index in [9.17, 15) is 9.59 Å². The number of rotatable bonds is 5. The number of carbonyl (C=O) groups excluding carboxylic acids is 2. The maximum atomic E-state index is 12.5. The Labute approximate surface area is 121 Å². The normalized spacial score (nSPS) is 24.9. The minimum Gasteiger partial charge on any atom is -0.352 e. The van der Waals surface area contributed by atoms with E-state index >= 15 is 0 Å². The van der Waals surface area contributed by atoms with Gasteiger partial charge in [0, 0.05) is 31.5 Å². The van der Waals surface area contributed by atoms with Crippen LogP contribution in [0.4, 0.5) is 0 Å². The first-order valence-corrected chi connectivity index (χ1v) is 7.90. The molecule has 5 nitrogen and oxygen atoms in total. The molecule has 0 aliphatic carbocycles. The lowest BCUT2D eigenvalue weighted by Crippen LogP contribution is -2.54. The van der Waals surface area contributed by atoms with Gasteiger partial charge in [0.25, 0.3) is 0 Å². The molecule has 0 radical (unpaired) electrons. The van der Waals surface area contributed by atoms with Crippen molar-refractivity contribution in [1.29, 1.82) is 0 Å². The zero-order valence-electron chi connectivity index (χ0n) is 12.7. The largest absolute Gasteiger partial charge is 0.352 e. The second-order valence-electron chi connectivity index (χ2n) is 6.15. The first-order chi connectivity index (χ1) is 9.61. The van der Waals surface area contributed by atoms with Crippen LogP contribution in [0.2, 0.25) is 0 Å². The van der Waals surface area contributed by atoms with E-state index in [1.54, 1.807) is 0 Å². The minimum atomic E-state index is 0.0985. The van der Waals surface area contributed by atoms with E-state index < -0.39 is 0 Å². The van der Waals surface area contributed by atoms with Gasteiger partial charge in [-0.15, -0.1) is 0 Å². The van der Waals surface area contributed by atoms with E-state index in [0.29, 0.717) is 18.9 Å². The van der Waals surface area contributed by atoms with Crippen LogP contribution in [0.25, 0.3) is 0 Å². The lowest BCUT2D eigenvalue weighted by atomic mass is 9.87. The third kappa shape index (κ3) is 3.72. The van der Waals surface area contributed by atoms with Gasteiger partial charge in [-0.3, -0.25) is 9.59 Å². The zero-order valence-corrected chi connectivity index (χ0v) is 12.7. The lowest BCUT2D eigenvalue weighted by Gasteiger charge is -2.38. The molecule has 2 atom stereocenters. The molecule has 2 aliphatic heterocycles. The Morgan fingerprint density at radius 2 is 2.15 bits per heavy atom. The molecule has 2 amide bonds. The van der Waals surface area contributed by atoms with Gasteiger partial charge >= 0.3 is 0 Å². The van der Waals surface area contributed by atoms with E-state index in [2.05, 4.69) is 10.6 Å². The SMILES string of the molecule is CCCC(=O)NC1CCCN(C(=O)C(C)C2CNC2)C1. The van der Waals surface area contributed by atoms with Crippen molar-refractivity contribution in [3.63, 3.8) is 0 Å². The fourth-order valence-electron chi connectivity index (χ4n) is 2.98. The summed E-state index contributed by atoms with van der Waals surface area (Å²) in [5.74, 6) is 0.952. The predicted molar refractivity (Wildman–Crippen MR) is 78.2 cm³/mol. The number of hydrogen-bond acceptors (Lipinski definition) is 3. The average molecular weight is 281 g/mol. The van der Waals surface area contributed by atoms with E-state index in [4.69, 9.17) is 0 Å². The van der Waals surface area contributed by atoms with Crippen LogP contribution in [0.3, 0.4) is 0 Å². The van der Waals surface area contributed by atoms with Crippen molar-refractivity contribution < 1.29 is 9.59 Å². The zero-order chi connectivity index (χ0) is 14.5. The molecular formula is C15H27N3O2. The van der Waals surface area contributed by atoms with Crippen LogP contribution in [-0.2, 0) is 9.59 Å². The van der Waals surface area contributed by atoms with Crippen molar-refractivity contribution in [3.8, 4) is 0 Å². The molecule has 2 fully saturated rings. The molecule has 2 aliphatic rings. The van der Waals surface area contributed by atoms with Gasteiger partial charge in [-0.05, 0) is 38.3 Å². The van der Waals surface area contributed by atoms with Gasteiger partial charge in [0.1, 0.15) is 0 Å². The Morgan fingerprint density at radius 3 is 2.75 bits per heavy atom. The minimum absolute atomic E-state index is 0.0985.